The molecule has 0 atom stereocenters. The normalized spacial score (nSPS) is 10.2. The lowest BCUT2D eigenvalue weighted by Gasteiger charge is -2.05. The highest BCUT2D eigenvalue weighted by Gasteiger charge is 2.01. The zero-order chi connectivity index (χ0) is 10.8. The molecule has 1 aromatic heterocycles. The number of aromatic amines is 1. The van der Waals surface area contributed by atoms with Crippen LogP contribution in [-0.2, 0) is 0 Å². The summed E-state index contributed by atoms with van der Waals surface area (Å²) in [7, 11) is 0. The SMILES string of the molecule is Cc1[nH]c(=O)ccc1-c1ccc(N)cc1. The molecular weight excluding hydrogens is 188 g/mol. The molecule has 3 nitrogen and oxygen atoms in total. The Hall–Kier alpha value is -2.03. The van der Waals surface area contributed by atoms with Gasteiger partial charge in [0.05, 0.1) is 0 Å². The van der Waals surface area contributed by atoms with Crippen LogP contribution in [0.2, 0.25) is 0 Å². The monoisotopic (exact) mass is 200 g/mol. The number of aromatic nitrogens is 1. The topological polar surface area (TPSA) is 58.9 Å². The molecule has 0 unspecified atom stereocenters. The standard InChI is InChI=1S/C12H12N2O/c1-8-11(6-7-12(15)14-8)9-2-4-10(13)5-3-9/h2-7H,13H2,1H3,(H,14,15). The van der Waals surface area contributed by atoms with Crippen molar-refractivity contribution < 1.29 is 0 Å². The number of nitrogens with two attached hydrogens (primary N) is 1. The third-order valence-electron chi connectivity index (χ3n) is 2.34. The molecule has 0 saturated carbocycles. The van der Waals surface area contributed by atoms with Crippen molar-refractivity contribution in [1.82, 2.24) is 4.98 Å². The highest BCUT2D eigenvalue weighted by molar-refractivity contribution is 5.67. The molecule has 0 spiro atoms. The number of nitrogens with one attached hydrogen (secondary N) is 1. The summed E-state index contributed by atoms with van der Waals surface area (Å²) < 4.78 is 0. The van der Waals surface area contributed by atoms with Crippen LogP contribution in [0.5, 0.6) is 0 Å². The average molecular weight is 200 g/mol. The van der Waals surface area contributed by atoms with Crippen LogP contribution in [0.4, 0.5) is 5.69 Å². The van der Waals surface area contributed by atoms with Crippen LogP contribution in [0, 0.1) is 6.92 Å². The van der Waals surface area contributed by atoms with Gasteiger partial charge in [-0.15, -0.1) is 0 Å². The number of H-pyrrole nitrogens is 1. The van der Waals surface area contributed by atoms with E-state index in [0.717, 1.165) is 22.5 Å². The highest BCUT2D eigenvalue weighted by Crippen LogP contribution is 2.21. The van der Waals surface area contributed by atoms with Gasteiger partial charge in [0.2, 0.25) is 5.56 Å². The van der Waals surface area contributed by atoms with Gasteiger partial charge in [-0.25, -0.2) is 0 Å². The van der Waals surface area contributed by atoms with Crippen molar-refractivity contribution in [3.8, 4) is 11.1 Å². The van der Waals surface area contributed by atoms with Gasteiger partial charge < -0.3 is 10.7 Å². The van der Waals surface area contributed by atoms with Crippen LogP contribution < -0.4 is 11.3 Å². The van der Waals surface area contributed by atoms with Gasteiger partial charge in [0.1, 0.15) is 0 Å². The Morgan fingerprint density at radius 2 is 1.73 bits per heavy atom. The van der Waals surface area contributed by atoms with E-state index in [0.29, 0.717) is 0 Å². The summed E-state index contributed by atoms with van der Waals surface area (Å²) in [6.45, 7) is 1.88. The summed E-state index contributed by atoms with van der Waals surface area (Å²) in [6, 6.07) is 10.9. The summed E-state index contributed by atoms with van der Waals surface area (Å²) in [6.07, 6.45) is 0. The lowest BCUT2D eigenvalue weighted by Crippen LogP contribution is -2.05. The number of benzene rings is 1. The molecule has 0 bridgehead atoms. The molecule has 15 heavy (non-hydrogen) atoms. The Morgan fingerprint density at radius 3 is 2.33 bits per heavy atom. The highest BCUT2D eigenvalue weighted by atomic mass is 16.1. The second kappa shape index (κ2) is 3.61. The van der Waals surface area contributed by atoms with E-state index in [1.165, 1.54) is 6.07 Å². The zero-order valence-electron chi connectivity index (χ0n) is 8.45. The van der Waals surface area contributed by atoms with E-state index in [1.807, 2.05) is 37.3 Å². The van der Waals surface area contributed by atoms with E-state index in [1.54, 1.807) is 0 Å². The number of nitrogen functional groups attached to an aromatic ring is 1. The molecule has 0 amide bonds. The number of hydrogen-bond acceptors (Lipinski definition) is 2. The summed E-state index contributed by atoms with van der Waals surface area (Å²) in [5, 5.41) is 0. The van der Waals surface area contributed by atoms with Gasteiger partial charge in [-0.3, -0.25) is 4.79 Å². The van der Waals surface area contributed by atoms with Crippen LogP contribution in [0.25, 0.3) is 11.1 Å². The Morgan fingerprint density at radius 1 is 1.07 bits per heavy atom. The average Bonchev–Trinajstić information content (AvgIpc) is 2.20. The first-order valence-electron chi connectivity index (χ1n) is 4.72. The molecule has 2 rings (SSSR count). The summed E-state index contributed by atoms with van der Waals surface area (Å²) in [4.78, 5) is 13.8. The number of aryl methyl sites for hydroxylation is 1. The molecule has 0 saturated heterocycles. The predicted octanol–water partition coefficient (Wildman–Crippen LogP) is 1.93. The van der Waals surface area contributed by atoms with Crippen molar-refractivity contribution in [2.75, 3.05) is 5.73 Å². The molecule has 0 radical (unpaired) electrons. The maximum atomic E-state index is 11.1. The van der Waals surface area contributed by atoms with Crippen molar-refractivity contribution in [3.63, 3.8) is 0 Å². The third-order valence-corrected chi connectivity index (χ3v) is 2.34. The van der Waals surface area contributed by atoms with E-state index in [9.17, 15) is 4.79 Å². The van der Waals surface area contributed by atoms with Crippen molar-refractivity contribution in [2.24, 2.45) is 0 Å². The van der Waals surface area contributed by atoms with E-state index in [4.69, 9.17) is 5.73 Å². The Kier molecular flexibility index (Phi) is 2.29. The maximum Gasteiger partial charge on any atom is 0.248 e. The second-order valence-corrected chi connectivity index (χ2v) is 3.48. The predicted molar refractivity (Wildman–Crippen MR) is 61.6 cm³/mol. The van der Waals surface area contributed by atoms with Gasteiger partial charge in [0.25, 0.3) is 0 Å². The van der Waals surface area contributed by atoms with Gasteiger partial charge in [-0.1, -0.05) is 12.1 Å². The number of pyridine rings is 1. The first-order valence-corrected chi connectivity index (χ1v) is 4.72. The summed E-state index contributed by atoms with van der Waals surface area (Å²) in [5.74, 6) is 0. The van der Waals surface area contributed by atoms with E-state index < -0.39 is 0 Å². The fourth-order valence-electron chi connectivity index (χ4n) is 1.55. The van der Waals surface area contributed by atoms with E-state index in [-0.39, 0.29) is 5.56 Å². The minimum absolute atomic E-state index is 0.0771. The Balaban J connectivity index is 2.54. The zero-order valence-corrected chi connectivity index (χ0v) is 8.45. The lowest BCUT2D eigenvalue weighted by molar-refractivity contribution is 1.15. The van der Waals surface area contributed by atoms with Gasteiger partial charge in [0.15, 0.2) is 0 Å². The van der Waals surface area contributed by atoms with Gasteiger partial charge >= 0.3 is 0 Å². The third kappa shape index (κ3) is 1.91. The number of rotatable bonds is 1. The van der Waals surface area contributed by atoms with Crippen LogP contribution in [0.1, 0.15) is 5.69 Å². The molecule has 3 N–H and O–H groups in total. The fourth-order valence-corrected chi connectivity index (χ4v) is 1.55. The molecule has 3 heteroatoms. The molecular formula is C12H12N2O. The number of hydrogen-bond donors (Lipinski definition) is 2. The van der Waals surface area contributed by atoms with Crippen LogP contribution >= 0.6 is 0 Å². The first-order chi connectivity index (χ1) is 7.16. The van der Waals surface area contributed by atoms with E-state index >= 15 is 0 Å². The van der Waals surface area contributed by atoms with Crippen molar-refractivity contribution in [1.29, 1.82) is 0 Å². The molecule has 0 fully saturated rings. The Bertz CT molecular complexity index is 526. The summed E-state index contributed by atoms with van der Waals surface area (Å²) in [5.41, 5.74) is 9.21. The van der Waals surface area contributed by atoms with Crippen molar-refractivity contribution in [3.05, 3.63) is 52.4 Å². The van der Waals surface area contributed by atoms with Crippen LogP contribution in [0.3, 0.4) is 0 Å². The Labute approximate surface area is 87.6 Å². The fraction of sp³-hybridized carbons (Fsp3) is 0.0833. The van der Waals surface area contributed by atoms with Gasteiger partial charge in [-0.05, 0) is 30.7 Å². The first kappa shape index (κ1) is 9.52. The molecule has 0 aliphatic rings. The molecule has 76 valence electrons. The molecule has 1 heterocycles. The van der Waals surface area contributed by atoms with Crippen LogP contribution in [0.15, 0.2) is 41.2 Å². The van der Waals surface area contributed by atoms with Crippen LogP contribution in [-0.4, -0.2) is 4.98 Å². The maximum absolute atomic E-state index is 11.1. The van der Waals surface area contributed by atoms with Crippen molar-refractivity contribution in [2.45, 2.75) is 6.92 Å². The minimum atomic E-state index is -0.0771. The molecule has 1 aromatic carbocycles. The number of anilines is 1. The van der Waals surface area contributed by atoms with E-state index in [2.05, 4.69) is 4.98 Å². The van der Waals surface area contributed by atoms with Gasteiger partial charge in [0, 0.05) is 23.0 Å². The summed E-state index contributed by atoms with van der Waals surface area (Å²) >= 11 is 0. The largest absolute Gasteiger partial charge is 0.399 e. The van der Waals surface area contributed by atoms with Crippen molar-refractivity contribution >= 4 is 5.69 Å². The second-order valence-electron chi connectivity index (χ2n) is 3.48. The molecule has 0 aliphatic heterocycles. The minimum Gasteiger partial charge on any atom is -0.399 e. The smallest absolute Gasteiger partial charge is 0.248 e. The lowest BCUT2D eigenvalue weighted by atomic mass is 10.0. The molecule has 0 aliphatic carbocycles. The molecule has 2 aromatic rings. The van der Waals surface area contributed by atoms with Gasteiger partial charge in [-0.2, -0.15) is 0 Å². The quantitative estimate of drug-likeness (QED) is 0.691.